The van der Waals surface area contributed by atoms with Gasteiger partial charge in [-0.15, -0.1) is 0 Å². The summed E-state index contributed by atoms with van der Waals surface area (Å²) in [6.07, 6.45) is 2.01. The average Bonchev–Trinajstić information content (AvgIpc) is 2.23. The van der Waals surface area contributed by atoms with E-state index in [1.165, 1.54) is 0 Å². The number of hydrogen-bond acceptors (Lipinski definition) is 4. The minimum Gasteiger partial charge on any atom is -0.370 e. The number of rotatable bonds is 6. The van der Waals surface area contributed by atoms with Gasteiger partial charge in [0.1, 0.15) is 11.6 Å². The van der Waals surface area contributed by atoms with E-state index in [9.17, 15) is 0 Å². The fraction of sp³-hybridized carbons (Fsp3) is 0.667. The molecule has 0 aromatic carbocycles. The Labute approximate surface area is 98.1 Å². The van der Waals surface area contributed by atoms with Gasteiger partial charge in [-0.2, -0.15) is 0 Å². The van der Waals surface area contributed by atoms with E-state index in [1.54, 1.807) is 0 Å². The van der Waals surface area contributed by atoms with Crippen LogP contribution in [0.4, 0.5) is 5.82 Å². The fourth-order valence-corrected chi connectivity index (χ4v) is 1.41. The Morgan fingerprint density at radius 1 is 1.31 bits per heavy atom. The van der Waals surface area contributed by atoms with Crippen LogP contribution in [-0.2, 0) is 6.42 Å². The van der Waals surface area contributed by atoms with Gasteiger partial charge >= 0.3 is 0 Å². The van der Waals surface area contributed by atoms with Crippen LogP contribution >= 0.6 is 0 Å². The summed E-state index contributed by atoms with van der Waals surface area (Å²) < 4.78 is 0. The summed E-state index contributed by atoms with van der Waals surface area (Å²) in [6.45, 7) is 6.10. The van der Waals surface area contributed by atoms with Crippen LogP contribution in [0.2, 0.25) is 0 Å². The highest BCUT2D eigenvalue weighted by Gasteiger charge is 2.02. The van der Waals surface area contributed by atoms with E-state index < -0.39 is 0 Å². The van der Waals surface area contributed by atoms with Gasteiger partial charge < -0.3 is 10.2 Å². The smallest absolute Gasteiger partial charge is 0.132 e. The zero-order valence-electron chi connectivity index (χ0n) is 10.7. The molecule has 0 spiro atoms. The van der Waals surface area contributed by atoms with Crippen LogP contribution in [0.15, 0.2) is 6.07 Å². The summed E-state index contributed by atoms with van der Waals surface area (Å²) in [5.74, 6) is 1.87. The molecule has 0 unspecified atom stereocenters. The summed E-state index contributed by atoms with van der Waals surface area (Å²) in [5, 5.41) is 3.30. The lowest BCUT2D eigenvalue weighted by atomic mass is 10.3. The Kier molecular flexibility index (Phi) is 5.19. The molecule has 1 rings (SSSR count). The Morgan fingerprint density at radius 2 is 2.06 bits per heavy atom. The van der Waals surface area contributed by atoms with Crippen molar-refractivity contribution in [3.05, 3.63) is 17.6 Å². The molecule has 0 aliphatic heterocycles. The van der Waals surface area contributed by atoms with Gasteiger partial charge in [0, 0.05) is 31.3 Å². The van der Waals surface area contributed by atoms with E-state index in [0.717, 1.165) is 43.3 Å². The van der Waals surface area contributed by atoms with Crippen LogP contribution in [0.25, 0.3) is 0 Å². The van der Waals surface area contributed by atoms with Gasteiger partial charge in [-0.3, -0.25) is 0 Å². The lowest BCUT2D eigenvalue weighted by Gasteiger charge is -2.10. The number of nitrogens with zero attached hydrogens (tertiary/aromatic N) is 3. The molecule has 1 N–H and O–H groups in total. The van der Waals surface area contributed by atoms with Crippen molar-refractivity contribution in [2.24, 2.45) is 0 Å². The Balaban J connectivity index is 2.65. The quantitative estimate of drug-likeness (QED) is 0.795. The third kappa shape index (κ3) is 4.57. The van der Waals surface area contributed by atoms with Gasteiger partial charge in [-0.1, -0.05) is 6.92 Å². The normalized spacial score (nSPS) is 10.8. The zero-order chi connectivity index (χ0) is 12.0. The summed E-state index contributed by atoms with van der Waals surface area (Å²) in [5.41, 5.74) is 1.03. The number of aromatic nitrogens is 2. The Bertz CT molecular complexity index is 323. The molecule has 4 nitrogen and oxygen atoms in total. The van der Waals surface area contributed by atoms with Crippen LogP contribution in [0.3, 0.4) is 0 Å². The molecule has 0 fully saturated rings. The highest BCUT2D eigenvalue weighted by Crippen LogP contribution is 2.06. The van der Waals surface area contributed by atoms with E-state index >= 15 is 0 Å². The van der Waals surface area contributed by atoms with E-state index in [4.69, 9.17) is 0 Å². The first-order valence-corrected chi connectivity index (χ1v) is 5.85. The van der Waals surface area contributed by atoms with Crippen molar-refractivity contribution in [1.82, 2.24) is 14.9 Å². The molecule has 90 valence electrons. The number of hydrogen-bond donors (Lipinski definition) is 1. The van der Waals surface area contributed by atoms with Crippen molar-refractivity contribution in [3.63, 3.8) is 0 Å². The molecular weight excluding hydrogens is 200 g/mol. The van der Waals surface area contributed by atoms with Gasteiger partial charge in [-0.25, -0.2) is 9.97 Å². The molecule has 4 heteroatoms. The highest BCUT2D eigenvalue weighted by atomic mass is 15.1. The zero-order valence-corrected chi connectivity index (χ0v) is 10.7. The molecule has 0 radical (unpaired) electrons. The van der Waals surface area contributed by atoms with Crippen molar-refractivity contribution in [2.45, 2.75) is 26.7 Å². The van der Waals surface area contributed by atoms with E-state index in [0.29, 0.717) is 0 Å². The molecule has 16 heavy (non-hydrogen) atoms. The Morgan fingerprint density at radius 3 is 2.69 bits per heavy atom. The molecule has 0 bridgehead atoms. The molecule has 0 amide bonds. The first-order valence-electron chi connectivity index (χ1n) is 5.85. The van der Waals surface area contributed by atoms with Crippen LogP contribution in [0, 0.1) is 6.92 Å². The molecule has 1 heterocycles. The van der Waals surface area contributed by atoms with Crippen molar-refractivity contribution in [2.75, 3.05) is 32.5 Å². The lowest BCUT2D eigenvalue weighted by molar-refractivity contribution is 0.409. The van der Waals surface area contributed by atoms with Crippen LogP contribution in [0.1, 0.15) is 24.9 Å². The van der Waals surface area contributed by atoms with Crippen molar-refractivity contribution in [3.8, 4) is 0 Å². The largest absolute Gasteiger partial charge is 0.370 e. The minimum atomic E-state index is 0.898. The second-order valence-electron chi connectivity index (χ2n) is 4.29. The van der Waals surface area contributed by atoms with Crippen molar-refractivity contribution in [1.29, 1.82) is 0 Å². The third-order valence-electron chi connectivity index (χ3n) is 2.24. The van der Waals surface area contributed by atoms with Crippen LogP contribution in [0.5, 0.6) is 0 Å². The molecule has 0 atom stereocenters. The second-order valence-corrected chi connectivity index (χ2v) is 4.29. The topological polar surface area (TPSA) is 41.1 Å². The van der Waals surface area contributed by atoms with Gasteiger partial charge in [0.05, 0.1) is 0 Å². The summed E-state index contributed by atoms with van der Waals surface area (Å²) in [4.78, 5) is 11.1. The monoisotopic (exact) mass is 222 g/mol. The van der Waals surface area contributed by atoms with Crippen LogP contribution < -0.4 is 5.32 Å². The fourth-order valence-electron chi connectivity index (χ4n) is 1.41. The Hall–Kier alpha value is -1.16. The van der Waals surface area contributed by atoms with E-state index in [2.05, 4.69) is 41.2 Å². The standard InChI is InChI=1S/C12H22N4/c1-5-7-13-12-9-10(2)14-11(15-12)6-8-16(3)4/h9H,5-8H2,1-4H3,(H,13,14,15). The second kappa shape index (κ2) is 6.43. The summed E-state index contributed by atoms with van der Waals surface area (Å²) in [7, 11) is 4.12. The molecule has 0 aliphatic rings. The molecule has 0 saturated carbocycles. The summed E-state index contributed by atoms with van der Waals surface area (Å²) in [6, 6.07) is 1.99. The first-order chi connectivity index (χ1) is 7.61. The maximum atomic E-state index is 4.49. The number of anilines is 1. The third-order valence-corrected chi connectivity index (χ3v) is 2.24. The average molecular weight is 222 g/mol. The van der Waals surface area contributed by atoms with Gasteiger partial charge in [0.15, 0.2) is 0 Å². The predicted molar refractivity (Wildman–Crippen MR) is 67.8 cm³/mol. The molecular formula is C12H22N4. The molecule has 0 saturated heterocycles. The number of nitrogens with one attached hydrogen (secondary N) is 1. The maximum absolute atomic E-state index is 4.49. The van der Waals surface area contributed by atoms with Gasteiger partial charge in [0.2, 0.25) is 0 Å². The lowest BCUT2D eigenvalue weighted by Crippen LogP contribution is -2.17. The van der Waals surface area contributed by atoms with E-state index in [1.807, 2.05) is 13.0 Å². The van der Waals surface area contributed by atoms with Gasteiger partial charge in [0.25, 0.3) is 0 Å². The number of aryl methyl sites for hydroxylation is 1. The number of likely N-dealkylation sites (N-methyl/N-ethyl adjacent to an activating group) is 1. The van der Waals surface area contributed by atoms with Gasteiger partial charge in [-0.05, 0) is 27.4 Å². The first kappa shape index (κ1) is 12.9. The highest BCUT2D eigenvalue weighted by molar-refractivity contribution is 5.35. The SMILES string of the molecule is CCCNc1cc(C)nc(CCN(C)C)n1. The summed E-state index contributed by atoms with van der Waals surface area (Å²) >= 11 is 0. The van der Waals surface area contributed by atoms with Crippen molar-refractivity contribution >= 4 is 5.82 Å². The van der Waals surface area contributed by atoms with E-state index in [-0.39, 0.29) is 0 Å². The van der Waals surface area contributed by atoms with Crippen molar-refractivity contribution < 1.29 is 0 Å². The molecule has 1 aromatic heterocycles. The molecule has 1 aromatic rings. The van der Waals surface area contributed by atoms with Crippen LogP contribution in [-0.4, -0.2) is 42.1 Å². The minimum absolute atomic E-state index is 0.898. The maximum Gasteiger partial charge on any atom is 0.132 e. The predicted octanol–water partition coefficient (Wildman–Crippen LogP) is 1.71. The molecule has 0 aliphatic carbocycles.